The number of nitrogens with two attached hydrogens (primary N) is 2. The van der Waals surface area contributed by atoms with Crippen molar-refractivity contribution >= 4 is 33.1 Å². The molecule has 2 aromatic heterocycles. The van der Waals surface area contributed by atoms with Crippen LogP contribution in [0.3, 0.4) is 0 Å². The van der Waals surface area contributed by atoms with Gasteiger partial charge in [0.2, 0.25) is 0 Å². The fraction of sp³-hybridized carbons (Fsp3) is 0.429. The number of nitrogen functional groups attached to an aromatic ring is 1. The van der Waals surface area contributed by atoms with Gasteiger partial charge in [0, 0.05) is 17.6 Å². The molecule has 2 heterocycles. The van der Waals surface area contributed by atoms with E-state index in [-0.39, 0.29) is 5.91 Å². The molecule has 0 atom stereocenters. The number of rotatable bonds is 4. The molecule has 6 heteroatoms. The average molecular weight is 290 g/mol. The first-order valence-electron chi connectivity index (χ1n) is 6.89. The zero-order valence-corrected chi connectivity index (χ0v) is 12.1. The molecule has 0 radical (unpaired) electrons. The smallest absolute Gasteiger partial charge is 0.263 e. The number of anilines is 1. The van der Waals surface area contributed by atoms with E-state index in [1.807, 2.05) is 0 Å². The number of thiophene rings is 1. The monoisotopic (exact) mass is 290 g/mol. The fourth-order valence-corrected chi connectivity index (χ4v) is 3.56. The largest absolute Gasteiger partial charge is 0.397 e. The third kappa shape index (κ3) is 2.25. The lowest BCUT2D eigenvalue weighted by Gasteiger charge is -2.02. The zero-order valence-electron chi connectivity index (χ0n) is 11.2. The van der Waals surface area contributed by atoms with Crippen molar-refractivity contribution in [2.24, 2.45) is 5.73 Å². The van der Waals surface area contributed by atoms with Gasteiger partial charge in [-0.25, -0.2) is 4.98 Å². The molecule has 0 aromatic carbocycles. The Labute approximate surface area is 121 Å². The van der Waals surface area contributed by atoms with Crippen LogP contribution >= 0.6 is 11.3 Å². The van der Waals surface area contributed by atoms with Crippen LogP contribution < -0.4 is 16.8 Å². The van der Waals surface area contributed by atoms with E-state index >= 15 is 0 Å². The summed E-state index contributed by atoms with van der Waals surface area (Å²) in [6, 6.07) is 2.10. The van der Waals surface area contributed by atoms with Gasteiger partial charge in [-0.3, -0.25) is 4.79 Å². The maximum atomic E-state index is 12.1. The van der Waals surface area contributed by atoms with Crippen LogP contribution in [0.15, 0.2) is 6.07 Å². The Balaban J connectivity index is 1.93. The van der Waals surface area contributed by atoms with Gasteiger partial charge in [0.1, 0.15) is 9.71 Å². The highest BCUT2D eigenvalue weighted by molar-refractivity contribution is 7.21. The summed E-state index contributed by atoms with van der Waals surface area (Å²) in [6.07, 6.45) is 4.02. The highest BCUT2D eigenvalue weighted by Gasteiger charge is 2.20. The highest BCUT2D eigenvalue weighted by Crippen LogP contribution is 2.35. The van der Waals surface area contributed by atoms with Crippen LogP contribution in [0.25, 0.3) is 10.2 Å². The Morgan fingerprint density at radius 2 is 2.30 bits per heavy atom. The van der Waals surface area contributed by atoms with Crippen LogP contribution in [0.5, 0.6) is 0 Å². The van der Waals surface area contributed by atoms with Crippen molar-refractivity contribution in [1.29, 1.82) is 0 Å². The summed E-state index contributed by atoms with van der Waals surface area (Å²) < 4.78 is 0. The third-order valence-corrected chi connectivity index (χ3v) is 4.74. The van der Waals surface area contributed by atoms with E-state index in [1.165, 1.54) is 16.9 Å². The molecule has 106 valence electrons. The third-order valence-electron chi connectivity index (χ3n) is 3.62. The second kappa shape index (κ2) is 5.38. The molecule has 5 N–H and O–H groups in total. The van der Waals surface area contributed by atoms with Crippen molar-refractivity contribution in [3.05, 3.63) is 22.2 Å². The molecule has 5 nitrogen and oxygen atoms in total. The second-order valence-electron chi connectivity index (χ2n) is 5.04. The Morgan fingerprint density at radius 3 is 3.10 bits per heavy atom. The number of nitrogens with zero attached hydrogens (tertiary/aromatic N) is 1. The summed E-state index contributed by atoms with van der Waals surface area (Å²) in [7, 11) is 0. The van der Waals surface area contributed by atoms with Gasteiger partial charge in [0.15, 0.2) is 0 Å². The summed E-state index contributed by atoms with van der Waals surface area (Å²) in [4.78, 5) is 18.2. The van der Waals surface area contributed by atoms with Crippen molar-refractivity contribution in [2.45, 2.75) is 25.7 Å². The summed E-state index contributed by atoms with van der Waals surface area (Å²) in [5, 5.41) is 3.76. The Bertz CT molecular complexity index is 665. The molecule has 2 aromatic rings. The number of carbonyl (C=O) groups is 1. The number of amides is 1. The standard InChI is InChI=1S/C14H18N4OS/c15-5-2-6-17-13(19)12-11(16)9-7-8-3-1-4-10(8)18-14(9)20-12/h7H,1-6,15-16H2,(H,17,19). The Kier molecular flexibility index (Phi) is 3.58. The van der Waals surface area contributed by atoms with E-state index in [1.54, 1.807) is 0 Å². The van der Waals surface area contributed by atoms with Gasteiger partial charge in [0.05, 0.1) is 5.69 Å². The van der Waals surface area contributed by atoms with Gasteiger partial charge >= 0.3 is 0 Å². The second-order valence-corrected chi connectivity index (χ2v) is 6.04. The van der Waals surface area contributed by atoms with Crippen LogP contribution in [0.2, 0.25) is 0 Å². The lowest BCUT2D eigenvalue weighted by Crippen LogP contribution is -2.25. The molecule has 0 unspecified atom stereocenters. The minimum atomic E-state index is -0.126. The first kappa shape index (κ1) is 13.3. The molecule has 0 saturated carbocycles. The average Bonchev–Trinajstić information content (AvgIpc) is 3.01. The minimum absolute atomic E-state index is 0.126. The molecule has 0 fully saturated rings. The topological polar surface area (TPSA) is 94.0 Å². The maximum absolute atomic E-state index is 12.1. The van der Waals surface area contributed by atoms with Crippen LogP contribution in [0.4, 0.5) is 5.69 Å². The lowest BCUT2D eigenvalue weighted by molar-refractivity contribution is 0.0958. The number of aryl methyl sites for hydroxylation is 2. The van der Waals surface area contributed by atoms with E-state index in [9.17, 15) is 4.79 Å². The lowest BCUT2D eigenvalue weighted by atomic mass is 10.1. The molecular weight excluding hydrogens is 272 g/mol. The quantitative estimate of drug-likeness (QED) is 0.743. The number of nitrogens with one attached hydrogen (secondary N) is 1. The maximum Gasteiger partial charge on any atom is 0.263 e. The molecule has 3 rings (SSSR count). The van der Waals surface area contributed by atoms with E-state index in [0.29, 0.717) is 23.7 Å². The van der Waals surface area contributed by atoms with Gasteiger partial charge in [-0.05, 0) is 43.9 Å². The van der Waals surface area contributed by atoms with Gasteiger partial charge in [-0.2, -0.15) is 0 Å². The normalized spacial score (nSPS) is 13.7. The molecule has 0 aliphatic heterocycles. The van der Waals surface area contributed by atoms with Crippen LogP contribution in [-0.2, 0) is 12.8 Å². The summed E-state index contributed by atoms with van der Waals surface area (Å²) in [5.41, 5.74) is 14.5. The Morgan fingerprint density at radius 1 is 1.45 bits per heavy atom. The SMILES string of the molecule is NCCCNC(=O)c1sc2nc3c(cc2c1N)CCC3. The van der Waals surface area contributed by atoms with E-state index in [4.69, 9.17) is 11.5 Å². The van der Waals surface area contributed by atoms with Gasteiger partial charge < -0.3 is 16.8 Å². The molecule has 0 spiro atoms. The zero-order chi connectivity index (χ0) is 14.1. The first-order valence-corrected chi connectivity index (χ1v) is 7.71. The number of aromatic nitrogens is 1. The molecule has 0 saturated heterocycles. The molecule has 0 bridgehead atoms. The predicted octanol–water partition coefficient (Wildman–Crippen LogP) is 1.45. The van der Waals surface area contributed by atoms with E-state index in [0.717, 1.165) is 41.6 Å². The molecule has 1 aliphatic carbocycles. The van der Waals surface area contributed by atoms with Crippen molar-refractivity contribution in [3.63, 3.8) is 0 Å². The fourth-order valence-electron chi connectivity index (χ4n) is 2.55. The van der Waals surface area contributed by atoms with Gasteiger partial charge in [0.25, 0.3) is 5.91 Å². The predicted molar refractivity (Wildman–Crippen MR) is 82.1 cm³/mol. The Hall–Kier alpha value is -1.66. The van der Waals surface area contributed by atoms with Crippen molar-refractivity contribution in [3.8, 4) is 0 Å². The highest BCUT2D eigenvalue weighted by atomic mass is 32.1. The van der Waals surface area contributed by atoms with Crippen LogP contribution in [0, 0.1) is 0 Å². The summed E-state index contributed by atoms with van der Waals surface area (Å²) in [5.74, 6) is -0.126. The summed E-state index contributed by atoms with van der Waals surface area (Å²) >= 11 is 1.38. The van der Waals surface area contributed by atoms with Crippen molar-refractivity contribution in [1.82, 2.24) is 10.3 Å². The van der Waals surface area contributed by atoms with E-state index in [2.05, 4.69) is 16.4 Å². The van der Waals surface area contributed by atoms with Gasteiger partial charge in [-0.1, -0.05) is 0 Å². The van der Waals surface area contributed by atoms with Gasteiger partial charge in [-0.15, -0.1) is 11.3 Å². The minimum Gasteiger partial charge on any atom is -0.397 e. The van der Waals surface area contributed by atoms with Crippen LogP contribution in [-0.4, -0.2) is 24.0 Å². The number of fused-ring (bicyclic) bond motifs is 2. The molecule has 1 amide bonds. The summed E-state index contributed by atoms with van der Waals surface area (Å²) in [6.45, 7) is 1.14. The number of carbonyl (C=O) groups excluding carboxylic acids is 1. The number of hydrogen-bond acceptors (Lipinski definition) is 5. The number of pyridine rings is 1. The van der Waals surface area contributed by atoms with Crippen molar-refractivity contribution in [2.75, 3.05) is 18.8 Å². The molecular formula is C14H18N4OS. The first-order chi connectivity index (χ1) is 9.70. The number of hydrogen-bond donors (Lipinski definition) is 3. The molecule has 1 aliphatic rings. The van der Waals surface area contributed by atoms with Crippen molar-refractivity contribution < 1.29 is 4.79 Å². The van der Waals surface area contributed by atoms with E-state index < -0.39 is 0 Å². The molecule has 20 heavy (non-hydrogen) atoms. The van der Waals surface area contributed by atoms with Crippen LogP contribution in [0.1, 0.15) is 33.8 Å².